The first-order valence-electron chi connectivity index (χ1n) is 6.23. The molecule has 1 unspecified atom stereocenters. The van der Waals surface area contributed by atoms with E-state index in [-0.39, 0.29) is 12.1 Å². The molecule has 0 saturated carbocycles. The SMILES string of the molecule is CCCCN(C(=O)N[C@@H](C)C(=O)O)C(C)CC. The van der Waals surface area contributed by atoms with E-state index in [1.165, 1.54) is 6.92 Å². The number of unbranched alkanes of at least 4 members (excludes halogenated alkanes) is 1. The number of aliphatic carboxylic acids is 1. The zero-order chi connectivity index (χ0) is 13.4. The summed E-state index contributed by atoms with van der Waals surface area (Å²) in [5.74, 6) is -1.02. The quantitative estimate of drug-likeness (QED) is 0.720. The van der Waals surface area contributed by atoms with Crippen molar-refractivity contribution in [2.24, 2.45) is 0 Å². The lowest BCUT2D eigenvalue weighted by Crippen LogP contribution is -2.50. The molecule has 2 N–H and O–H groups in total. The van der Waals surface area contributed by atoms with Crippen LogP contribution in [0.3, 0.4) is 0 Å². The topological polar surface area (TPSA) is 69.6 Å². The van der Waals surface area contributed by atoms with Gasteiger partial charge in [-0.1, -0.05) is 20.3 Å². The van der Waals surface area contributed by atoms with Gasteiger partial charge in [-0.05, 0) is 26.7 Å². The molecule has 0 rings (SSSR count). The molecule has 0 spiro atoms. The molecule has 5 nitrogen and oxygen atoms in total. The number of carbonyl (C=O) groups is 2. The Balaban J connectivity index is 4.46. The Morgan fingerprint density at radius 2 is 1.88 bits per heavy atom. The summed E-state index contributed by atoms with van der Waals surface area (Å²) in [5.41, 5.74) is 0. The maximum absolute atomic E-state index is 11.9. The van der Waals surface area contributed by atoms with Crippen LogP contribution in [0.25, 0.3) is 0 Å². The zero-order valence-electron chi connectivity index (χ0n) is 11.2. The highest BCUT2D eigenvalue weighted by atomic mass is 16.4. The fourth-order valence-corrected chi connectivity index (χ4v) is 1.40. The lowest BCUT2D eigenvalue weighted by molar-refractivity contribution is -0.138. The van der Waals surface area contributed by atoms with Crippen LogP contribution in [0.15, 0.2) is 0 Å². The van der Waals surface area contributed by atoms with E-state index in [0.717, 1.165) is 19.3 Å². The lowest BCUT2D eigenvalue weighted by atomic mass is 10.2. The Kier molecular flexibility index (Phi) is 7.34. The number of carboxylic acids is 1. The lowest BCUT2D eigenvalue weighted by Gasteiger charge is -2.29. The number of hydrogen-bond donors (Lipinski definition) is 2. The van der Waals surface area contributed by atoms with Crippen molar-refractivity contribution >= 4 is 12.0 Å². The number of urea groups is 1. The number of nitrogens with zero attached hydrogens (tertiary/aromatic N) is 1. The van der Waals surface area contributed by atoms with E-state index in [0.29, 0.717) is 6.54 Å². The van der Waals surface area contributed by atoms with Gasteiger partial charge in [0.2, 0.25) is 0 Å². The number of nitrogens with one attached hydrogen (secondary N) is 1. The van der Waals surface area contributed by atoms with E-state index in [9.17, 15) is 9.59 Å². The van der Waals surface area contributed by atoms with Gasteiger partial charge in [-0.15, -0.1) is 0 Å². The van der Waals surface area contributed by atoms with Crippen LogP contribution in [-0.4, -0.2) is 40.6 Å². The summed E-state index contributed by atoms with van der Waals surface area (Å²) in [6.45, 7) is 8.18. The van der Waals surface area contributed by atoms with Gasteiger partial charge in [0.1, 0.15) is 6.04 Å². The van der Waals surface area contributed by atoms with Crippen LogP contribution in [0, 0.1) is 0 Å². The first kappa shape index (κ1) is 15.7. The van der Waals surface area contributed by atoms with Gasteiger partial charge in [0.25, 0.3) is 0 Å². The summed E-state index contributed by atoms with van der Waals surface area (Å²) < 4.78 is 0. The highest BCUT2D eigenvalue weighted by Crippen LogP contribution is 2.06. The largest absolute Gasteiger partial charge is 0.480 e. The molecule has 0 aromatic heterocycles. The molecule has 0 fully saturated rings. The van der Waals surface area contributed by atoms with Crippen molar-refractivity contribution in [2.45, 2.75) is 59.0 Å². The van der Waals surface area contributed by atoms with Crippen molar-refractivity contribution in [1.82, 2.24) is 10.2 Å². The highest BCUT2D eigenvalue weighted by Gasteiger charge is 2.21. The van der Waals surface area contributed by atoms with Crippen LogP contribution < -0.4 is 5.32 Å². The number of hydrogen-bond acceptors (Lipinski definition) is 2. The molecule has 0 aliphatic heterocycles. The molecule has 0 aliphatic rings. The molecule has 100 valence electrons. The van der Waals surface area contributed by atoms with E-state index in [1.807, 2.05) is 13.8 Å². The minimum atomic E-state index is -1.02. The van der Waals surface area contributed by atoms with Gasteiger partial charge < -0.3 is 15.3 Å². The molecule has 5 heteroatoms. The summed E-state index contributed by atoms with van der Waals surface area (Å²) >= 11 is 0. The van der Waals surface area contributed by atoms with E-state index in [4.69, 9.17) is 5.11 Å². The number of rotatable bonds is 7. The van der Waals surface area contributed by atoms with Crippen molar-refractivity contribution in [3.8, 4) is 0 Å². The Hall–Kier alpha value is -1.26. The van der Waals surface area contributed by atoms with Gasteiger partial charge in [0, 0.05) is 12.6 Å². The molecular weight excluding hydrogens is 220 g/mol. The van der Waals surface area contributed by atoms with Crippen LogP contribution in [0.5, 0.6) is 0 Å². The second-order valence-corrected chi connectivity index (χ2v) is 4.31. The fraction of sp³-hybridized carbons (Fsp3) is 0.833. The normalized spacial score (nSPS) is 13.9. The Morgan fingerprint density at radius 3 is 2.29 bits per heavy atom. The van der Waals surface area contributed by atoms with E-state index in [2.05, 4.69) is 12.2 Å². The van der Waals surface area contributed by atoms with Crippen molar-refractivity contribution in [1.29, 1.82) is 0 Å². The molecule has 0 radical (unpaired) electrons. The van der Waals surface area contributed by atoms with Crippen LogP contribution in [-0.2, 0) is 4.79 Å². The maximum atomic E-state index is 11.9. The zero-order valence-corrected chi connectivity index (χ0v) is 11.2. The fourth-order valence-electron chi connectivity index (χ4n) is 1.40. The molecule has 17 heavy (non-hydrogen) atoms. The molecule has 0 saturated heterocycles. The van der Waals surface area contributed by atoms with Crippen LogP contribution in [0.2, 0.25) is 0 Å². The van der Waals surface area contributed by atoms with Gasteiger partial charge in [-0.3, -0.25) is 4.79 Å². The van der Waals surface area contributed by atoms with Gasteiger partial charge in [0.15, 0.2) is 0 Å². The van der Waals surface area contributed by atoms with Crippen molar-refractivity contribution in [3.63, 3.8) is 0 Å². The van der Waals surface area contributed by atoms with Crippen molar-refractivity contribution in [3.05, 3.63) is 0 Å². The van der Waals surface area contributed by atoms with Gasteiger partial charge >= 0.3 is 12.0 Å². The molecule has 0 aromatic rings. The standard InChI is InChI=1S/C12H24N2O3/c1-5-7-8-14(9(3)6-2)12(17)13-10(4)11(15)16/h9-10H,5-8H2,1-4H3,(H,13,17)(H,15,16)/t9?,10-/m0/s1. The third-order valence-corrected chi connectivity index (χ3v) is 2.85. The molecule has 2 amide bonds. The van der Waals surface area contributed by atoms with E-state index < -0.39 is 12.0 Å². The first-order valence-corrected chi connectivity index (χ1v) is 6.23. The van der Waals surface area contributed by atoms with E-state index >= 15 is 0 Å². The van der Waals surface area contributed by atoms with Crippen LogP contribution in [0.1, 0.15) is 47.0 Å². The summed E-state index contributed by atoms with van der Waals surface area (Å²) in [6, 6.07) is -1.01. The van der Waals surface area contributed by atoms with E-state index in [1.54, 1.807) is 4.90 Å². The summed E-state index contributed by atoms with van der Waals surface area (Å²) in [7, 11) is 0. The third kappa shape index (κ3) is 5.56. The molecule has 0 bridgehead atoms. The highest BCUT2D eigenvalue weighted by molar-refractivity contribution is 5.82. The smallest absolute Gasteiger partial charge is 0.325 e. The van der Waals surface area contributed by atoms with Gasteiger partial charge in [0.05, 0.1) is 0 Å². The van der Waals surface area contributed by atoms with Crippen molar-refractivity contribution in [2.75, 3.05) is 6.54 Å². The molecular formula is C12H24N2O3. The third-order valence-electron chi connectivity index (χ3n) is 2.85. The average molecular weight is 244 g/mol. The van der Waals surface area contributed by atoms with Crippen LogP contribution in [0.4, 0.5) is 4.79 Å². The number of carboxylic acid groups (broad SMARTS) is 1. The number of amides is 2. The van der Waals surface area contributed by atoms with Gasteiger partial charge in [-0.25, -0.2) is 4.79 Å². The summed E-state index contributed by atoms with van der Waals surface area (Å²) in [6.07, 6.45) is 2.80. The molecule has 0 heterocycles. The minimum Gasteiger partial charge on any atom is -0.480 e. The monoisotopic (exact) mass is 244 g/mol. The van der Waals surface area contributed by atoms with Crippen LogP contribution >= 0.6 is 0 Å². The maximum Gasteiger partial charge on any atom is 0.325 e. The van der Waals surface area contributed by atoms with Gasteiger partial charge in [-0.2, -0.15) is 0 Å². The minimum absolute atomic E-state index is 0.127. The predicted molar refractivity (Wildman–Crippen MR) is 67.0 cm³/mol. The second kappa shape index (κ2) is 7.92. The Labute approximate surface area is 103 Å². The Morgan fingerprint density at radius 1 is 1.29 bits per heavy atom. The van der Waals surface area contributed by atoms with Crippen molar-refractivity contribution < 1.29 is 14.7 Å². The summed E-state index contributed by atoms with van der Waals surface area (Å²) in [4.78, 5) is 24.3. The predicted octanol–water partition coefficient (Wildman–Crippen LogP) is 2.07. The summed E-state index contributed by atoms with van der Waals surface area (Å²) in [5, 5.41) is 11.2. The first-order chi connectivity index (χ1) is 7.93. The number of carbonyl (C=O) groups excluding carboxylic acids is 1. The molecule has 0 aromatic carbocycles. The Bertz CT molecular complexity index is 256. The average Bonchev–Trinajstić information content (AvgIpc) is 2.28. The molecule has 2 atom stereocenters. The molecule has 0 aliphatic carbocycles. The second-order valence-electron chi connectivity index (χ2n) is 4.31.